The van der Waals surface area contributed by atoms with Gasteiger partial charge in [-0.05, 0) is 54.4 Å². The van der Waals surface area contributed by atoms with E-state index in [9.17, 15) is 9.90 Å². The number of aliphatic hydroxyl groups excluding tert-OH is 1. The summed E-state index contributed by atoms with van der Waals surface area (Å²) in [5.74, 6) is 0.452. The van der Waals surface area contributed by atoms with E-state index in [2.05, 4.69) is 93.2 Å². The summed E-state index contributed by atoms with van der Waals surface area (Å²) in [6.45, 7) is 17.7. The normalized spacial score (nSPS) is 13.1. The van der Waals surface area contributed by atoms with E-state index in [1.54, 1.807) is 0 Å². The quantitative estimate of drug-likeness (QED) is 0.275. The van der Waals surface area contributed by atoms with Gasteiger partial charge in [-0.1, -0.05) is 77.1 Å². The summed E-state index contributed by atoms with van der Waals surface area (Å²) in [5.41, 5.74) is 4.82. The number of carbonyl (C=O) groups is 1. The number of ether oxygens (including phenoxy) is 1. The Morgan fingerprint density at radius 3 is 2.33 bits per heavy atom. The molecule has 0 radical (unpaired) electrons. The zero-order valence-electron chi connectivity index (χ0n) is 25.0. The van der Waals surface area contributed by atoms with E-state index in [4.69, 9.17) is 4.74 Å². The second-order valence-corrected chi connectivity index (χ2v) is 12.5. The second-order valence-electron chi connectivity index (χ2n) is 12.5. The van der Waals surface area contributed by atoms with Crippen LogP contribution in [0.1, 0.15) is 65.2 Å². The number of aliphatic hydroxyl groups is 1. The van der Waals surface area contributed by atoms with Crippen LogP contribution in [0.25, 0.3) is 10.9 Å². The molecule has 0 aliphatic rings. The monoisotopic (exact) mass is 535 g/mol. The van der Waals surface area contributed by atoms with Crippen molar-refractivity contribution in [1.82, 2.24) is 14.8 Å². The molecule has 3 aromatic rings. The number of fused-ring (bicyclic) bond motifs is 1. The molecule has 2 N–H and O–H groups in total. The third kappa shape index (κ3) is 9.79. The molecule has 0 aliphatic carbocycles. The van der Waals surface area contributed by atoms with Gasteiger partial charge in [-0.15, -0.1) is 0 Å². The van der Waals surface area contributed by atoms with Crippen LogP contribution in [0.4, 0.5) is 0 Å². The average Bonchev–Trinajstić information content (AvgIpc) is 3.27. The van der Waals surface area contributed by atoms with E-state index < -0.39 is 6.10 Å². The maximum atomic E-state index is 13.8. The van der Waals surface area contributed by atoms with Gasteiger partial charge in [0.25, 0.3) is 0 Å². The summed E-state index contributed by atoms with van der Waals surface area (Å²) in [5, 5.41) is 11.8. The minimum Gasteiger partial charge on any atom is -0.389 e. The van der Waals surface area contributed by atoms with Crippen LogP contribution in [0.15, 0.2) is 54.7 Å². The molecule has 1 atom stereocenters. The van der Waals surface area contributed by atoms with Crippen molar-refractivity contribution in [2.75, 3.05) is 32.8 Å². The van der Waals surface area contributed by atoms with Crippen LogP contribution in [0.3, 0.4) is 0 Å². The number of aromatic nitrogens is 1. The fraction of sp³-hybridized carbons (Fsp3) is 0.545. The number of nitrogens with one attached hydrogen (secondary N) is 1. The summed E-state index contributed by atoms with van der Waals surface area (Å²) in [6.07, 6.45) is 2.25. The van der Waals surface area contributed by atoms with Crippen molar-refractivity contribution in [2.45, 2.75) is 79.1 Å². The van der Waals surface area contributed by atoms with Crippen LogP contribution in [-0.2, 0) is 27.9 Å². The SMILES string of the molecule is CC(C)CN(CC(=O)N(CCc1c[nH]c2ccccc12)Cc1ccc(C(C)(C)C)cc1)CC(O)COC(C)C. The summed E-state index contributed by atoms with van der Waals surface area (Å²) in [7, 11) is 0. The Bertz CT molecular complexity index is 1160. The molecule has 0 aliphatic heterocycles. The lowest BCUT2D eigenvalue weighted by atomic mass is 9.87. The largest absolute Gasteiger partial charge is 0.389 e. The standard InChI is InChI=1S/C33H49N3O3/c1-24(2)19-35(21-29(37)23-39-25(3)4)22-32(38)36(20-26-12-14-28(15-13-26)33(5,6)7)17-16-27-18-34-31-11-9-8-10-30(27)31/h8-15,18,24-25,29,34,37H,16-17,19-23H2,1-7H3. The highest BCUT2D eigenvalue weighted by molar-refractivity contribution is 5.83. The molecule has 214 valence electrons. The van der Waals surface area contributed by atoms with E-state index in [1.807, 2.05) is 24.8 Å². The second kappa shape index (κ2) is 14.1. The van der Waals surface area contributed by atoms with Crippen molar-refractivity contribution < 1.29 is 14.6 Å². The number of aromatic amines is 1. The molecule has 1 aromatic heterocycles. The highest BCUT2D eigenvalue weighted by atomic mass is 16.5. The van der Waals surface area contributed by atoms with Crippen molar-refractivity contribution >= 4 is 16.8 Å². The van der Waals surface area contributed by atoms with Crippen molar-refractivity contribution in [1.29, 1.82) is 0 Å². The number of benzene rings is 2. The van der Waals surface area contributed by atoms with Crippen LogP contribution < -0.4 is 0 Å². The van der Waals surface area contributed by atoms with Gasteiger partial charge in [0, 0.05) is 43.3 Å². The van der Waals surface area contributed by atoms with Gasteiger partial charge in [0.2, 0.25) is 5.91 Å². The average molecular weight is 536 g/mol. The number of H-pyrrole nitrogens is 1. The molecule has 0 saturated heterocycles. The Kier molecular flexibility index (Phi) is 11.2. The van der Waals surface area contributed by atoms with E-state index in [0.29, 0.717) is 25.6 Å². The van der Waals surface area contributed by atoms with Crippen LogP contribution in [0.5, 0.6) is 0 Å². The van der Waals surface area contributed by atoms with Gasteiger partial charge >= 0.3 is 0 Å². The fourth-order valence-electron chi connectivity index (χ4n) is 4.88. The zero-order chi connectivity index (χ0) is 28.6. The summed E-state index contributed by atoms with van der Waals surface area (Å²) < 4.78 is 5.61. The molecular weight excluding hydrogens is 486 g/mol. The van der Waals surface area contributed by atoms with E-state index >= 15 is 0 Å². The number of hydrogen-bond donors (Lipinski definition) is 2. The minimum absolute atomic E-state index is 0.0597. The molecule has 2 aromatic carbocycles. The molecule has 1 heterocycles. The van der Waals surface area contributed by atoms with Gasteiger partial charge in [-0.2, -0.15) is 0 Å². The highest BCUT2D eigenvalue weighted by Crippen LogP contribution is 2.23. The summed E-state index contributed by atoms with van der Waals surface area (Å²) >= 11 is 0. The van der Waals surface area contributed by atoms with Gasteiger partial charge in [-0.25, -0.2) is 0 Å². The number of carbonyl (C=O) groups excluding carboxylic acids is 1. The molecule has 6 heteroatoms. The van der Waals surface area contributed by atoms with Crippen molar-refractivity contribution in [3.05, 3.63) is 71.4 Å². The molecule has 3 rings (SSSR count). The molecule has 6 nitrogen and oxygen atoms in total. The Hall–Kier alpha value is -2.67. The van der Waals surface area contributed by atoms with Crippen LogP contribution in [0, 0.1) is 5.92 Å². The van der Waals surface area contributed by atoms with E-state index in [-0.39, 0.29) is 30.6 Å². The summed E-state index contributed by atoms with van der Waals surface area (Å²) in [4.78, 5) is 21.2. The lowest BCUT2D eigenvalue weighted by molar-refractivity contribution is -0.133. The lowest BCUT2D eigenvalue weighted by Crippen LogP contribution is -2.45. The minimum atomic E-state index is -0.636. The Morgan fingerprint density at radius 2 is 1.69 bits per heavy atom. The van der Waals surface area contributed by atoms with Crippen LogP contribution >= 0.6 is 0 Å². The Labute approximate surface area is 235 Å². The van der Waals surface area contributed by atoms with Crippen LogP contribution in [-0.4, -0.2) is 70.8 Å². The maximum absolute atomic E-state index is 13.8. The van der Waals surface area contributed by atoms with Gasteiger partial charge in [-0.3, -0.25) is 9.69 Å². The Balaban J connectivity index is 1.76. The van der Waals surface area contributed by atoms with Crippen LogP contribution in [0.2, 0.25) is 0 Å². The van der Waals surface area contributed by atoms with E-state index in [1.165, 1.54) is 16.5 Å². The molecular formula is C33H49N3O3. The molecule has 0 spiro atoms. The lowest BCUT2D eigenvalue weighted by Gasteiger charge is -2.30. The highest BCUT2D eigenvalue weighted by Gasteiger charge is 2.22. The van der Waals surface area contributed by atoms with E-state index in [0.717, 1.165) is 24.0 Å². The molecule has 0 bridgehead atoms. The van der Waals surface area contributed by atoms with Gasteiger partial charge in [0.15, 0.2) is 0 Å². The number of hydrogen-bond acceptors (Lipinski definition) is 4. The van der Waals surface area contributed by atoms with Gasteiger partial charge in [0.05, 0.1) is 25.4 Å². The van der Waals surface area contributed by atoms with Gasteiger partial charge in [0.1, 0.15) is 0 Å². The van der Waals surface area contributed by atoms with Crippen molar-refractivity contribution in [2.24, 2.45) is 5.92 Å². The first-order chi connectivity index (χ1) is 18.4. The molecule has 0 saturated carbocycles. The van der Waals surface area contributed by atoms with Crippen molar-refractivity contribution in [3.63, 3.8) is 0 Å². The molecule has 1 amide bonds. The third-order valence-corrected chi connectivity index (χ3v) is 6.95. The third-order valence-electron chi connectivity index (χ3n) is 6.95. The first kappa shape index (κ1) is 30.9. The maximum Gasteiger partial charge on any atom is 0.237 e. The van der Waals surface area contributed by atoms with Crippen molar-refractivity contribution in [3.8, 4) is 0 Å². The molecule has 39 heavy (non-hydrogen) atoms. The van der Waals surface area contributed by atoms with Gasteiger partial charge < -0.3 is 19.7 Å². The predicted octanol–water partition coefficient (Wildman–Crippen LogP) is 5.78. The zero-order valence-corrected chi connectivity index (χ0v) is 25.0. The topological polar surface area (TPSA) is 68.8 Å². The number of para-hydroxylation sites is 1. The number of amides is 1. The number of nitrogens with zero attached hydrogens (tertiary/aromatic N) is 2. The molecule has 0 fully saturated rings. The fourth-order valence-corrected chi connectivity index (χ4v) is 4.88. The smallest absolute Gasteiger partial charge is 0.237 e. The Morgan fingerprint density at radius 1 is 1.00 bits per heavy atom. The summed E-state index contributed by atoms with van der Waals surface area (Å²) in [6, 6.07) is 16.9. The molecule has 1 unspecified atom stereocenters. The first-order valence-electron chi connectivity index (χ1n) is 14.4. The first-order valence-corrected chi connectivity index (χ1v) is 14.4. The predicted molar refractivity (Wildman–Crippen MR) is 161 cm³/mol. The number of rotatable bonds is 14.